The third-order valence-electron chi connectivity index (χ3n) is 6.90. The first-order chi connectivity index (χ1) is 19.7. The molecule has 222 valence electrons. The zero-order valence-electron chi connectivity index (χ0n) is 23.8. The van der Waals surface area contributed by atoms with Crippen LogP contribution in [0.3, 0.4) is 0 Å². The van der Waals surface area contributed by atoms with E-state index in [4.69, 9.17) is 14.2 Å². The van der Waals surface area contributed by atoms with Gasteiger partial charge >= 0.3 is 0 Å². The molecule has 2 aromatic carbocycles. The van der Waals surface area contributed by atoms with Gasteiger partial charge in [-0.1, -0.05) is 26.0 Å². The molecule has 0 spiro atoms. The molecule has 0 radical (unpaired) electrons. The van der Waals surface area contributed by atoms with Crippen molar-refractivity contribution in [3.05, 3.63) is 77.9 Å². The summed E-state index contributed by atoms with van der Waals surface area (Å²) in [6.45, 7) is 6.75. The Labute approximate surface area is 239 Å². The summed E-state index contributed by atoms with van der Waals surface area (Å²) in [5.41, 5.74) is -0.453. The first-order valence-electron chi connectivity index (χ1n) is 13.7. The van der Waals surface area contributed by atoms with Gasteiger partial charge in [0.25, 0.3) is 0 Å². The first-order valence-corrected chi connectivity index (χ1v) is 13.7. The molecule has 9 nitrogen and oxygen atoms in total. The lowest BCUT2D eigenvalue weighted by molar-refractivity contribution is -0.138. The predicted octanol–water partition coefficient (Wildman–Crippen LogP) is 3.46. The zero-order valence-corrected chi connectivity index (χ0v) is 23.8. The smallest absolute Gasteiger partial charge is 0.248 e. The van der Waals surface area contributed by atoms with Gasteiger partial charge in [0.1, 0.15) is 42.7 Å². The van der Waals surface area contributed by atoms with Crippen LogP contribution in [-0.4, -0.2) is 89.1 Å². The average molecular weight is 573 g/mol. The van der Waals surface area contributed by atoms with Crippen LogP contribution in [0.4, 0.5) is 8.78 Å². The van der Waals surface area contributed by atoms with E-state index in [0.29, 0.717) is 38.7 Å². The summed E-state index contributed by atoms with van der Waals surface area (Å²) in [4.78, 5) is 20.6. The minimum Gasteiger partial charge on any atom is -0.492 e. The molecule has 1 aromatic heterocycles. The predicted molar refractivity (Wildman–Crippen MR) is 149 cm³/mol. The number of nitrogens with zero attached hydrogens (tertiary/aromatic N) is 4. The molecule has 0 bridgehead atoms. The van der Waals surface area contributed by atoms with Gasteiger partial charge in [0.2, 0.25) is 5.91 Å². The largest absolute Gasteiger partial charge is 0.492 e. The second kappa shape index (κ2) is 13.9. The Morgan fingerprint density at radius 2 is 1.80 bits per heavy atom. The number of hydrogen-bond donors (Lipinski definition) is 1. The fraction of sp³-hybridized carbons (Fsp3) is 0.467. The summed E-state index contributed by atoms with van der Waals surface area (Å²) in [7, 11) is 1.44. The highest BCUT2D eigenvalue weighted by molar-refractivity contribution is 5.77. The third kappa shape index (κ3) is 8.48. The number of carbonyl (C=O) groups is 1. The lowest BCUT2D eigenvalue weighted by Gasteiger charge is -2.33. The van der Waals surface area contributed by atoms with Crippen molar-refractivity contribution in [2.45, 2.75) is 38.5 Å². The number of benzene rings is 2. The van der Waals surface area contributed by atoms with Gasteiger partial charge in [-0.25, -0.2) is 13.8 Å². The van der Waals surface area contributed by atoms with Gasteiger partial charge in [0, 0.05) is 57.7 Å². The molecule has 0 aliphatic carbocycles. The summed E-state index contributed by atoms with van der Waals surface area (Å²) in [6, 6.07) is 11.0. The van der Waals surface area contributed by atoms with Crippen molar-refractivity contribution in [3.63, 3.8) is 0 Å². The van der Waals surface area contributed by atoms with E-state index >= 15 is 0 Å². The number of halogens is 2. The van der Waals surface area contributed by atoms with Crippen LogP contribution in [0.15, 0.2) is 54.9 Å². The first kappa shape index (κ1) is 30.4. The highest BCUT2D eigenvalue weighted by Crippen LogP contribution is 2.22. The molecule has 1 aliphatic heterocycles. The van der Waals surface area contributed by atoms with Gasteiger partial charge in [0.15, 0.2) is 11.6 Å². The zero-order chi connectivity index (χ0) is 29.4. The van der Waals surface area contributed by atoms with E-state index in [9.17, 15) is 18.7 Å². The molecular formula is C30H38F2N4O5. The summed E-state index contributed by atoms with van der Waals surface area (Å²) < 4.78 is 45.7. The number of aromatic nitrogens is 2. The number of ether oxygens (including phenoxy) is 3. The second-order valence-corrected chi connectivity index (χ2v) is 10.7. The van der Waals surface area contributed by atoms with Gasteiger partial charge in [-0.05, 0) is 29.8 Å². The highest BCUT2D eigenvalue weighted by Gasteiger charge is 2.37. The average Bonchev–Trinajstić information content (AvgIpc) is 3.35. The minimum atomic E-state index is -1.46. The fourth-order valence-electron chi connectivity index (χ4n) is 4.90. The number of β-amino-alcohol motifs (C(OH)–C–C–N with tert-alkyl or cyclic N) is 1. The lowest BCUT2D eigenvalue weighted by Crippen LogP contribution is -2.52. The maximum Gasteiger partial charge on any atom is 0.248 e. The van der Waals surface area contributed by atoms with Crippen molar-refractivity contribution in [2.24, 2.45) is 0 Å². The fourth-order valence-corrected chi connectivity index (χ4v) is 4.90. The molecule has 0 unspecified atom stereocenters. The van der Waals surface area contributed by atoms with Crippen molar-refractivity contribution in [1.29, 1.82) is 0 Å². The lowest BCUT2D eigenvalue weighted by atomic mass is 10.0. The number of rotatable bonds is 12. The number of methoxy groups -OCH3 is 1. The normalized spacial score (nSPS) is 18.0. The Hall–Kier alpha value is -3.54. The van der Waals surface area contributed by atoms with Crippen LogP contribution in [0.1, 0.15) is 31.2 Å². The molecule has 41 heavy (non-hydrogen) atoms. The number of aliphatic hydroxyl groups is 1. The van der Waals surface area contributed by atoms with Gasteiger partial charge < -0.3 is 28.8 Å². The molecule has 1 N–H and O–H groups in total. The van der Waals surface area contributed by atoms with Gasteiger partial charge in [-0.3, -0.25) is 9.69 Å². The molecule has 4 rings (SSSR count). The van der Waals surface area contributed by atoms with Crippen LogP contribution in [-0.2, 0) is 22.6 Å². The molecule has 1 amide bonds. The van der Waals surface area contributed by atoms with E-state index in [0.717, 1.165) is 29.3 Å². The van der Waals surface area contributed by atoms with Crippen LogP contribution < -0.4 is 9.47 Å². The summed E-state index contributed by atoms with van der Waals surface area (Å²) in [5.74, 6) is -0.0669. The maximum atomic E-state index is 13.7. The monoisotopic (exact) mass is 572 g/mol. The number of carbonyl (C=O) groups excluding carboxylic acids is 1. The Morgan fingerprint density at radius 1 is 1.05 bits per heavy atom. The molecule has 11 heteroatoms. The third-order valence-corrected chi connectivity index (χ3v) is 6.90. The van der Waals surface area contributed by atoms with E-state index in [2.05, 4.69) is 23.4 Å². The minimum absolute atomic E-state index is 0.0115. The van der Waals surface area contributed by atoms with Crippen molar-refractivity contribution < 1.29 is 32.9 Å². The van der Waals surface area contributed by atoms with E-state index in [-0.39, 0.29) is 38.0 Å². The van der Waals surface area contributed by atoms with Crippen LogP contribution in [0.2, 0.25) is 0 Å². The Balaban J connectivity index is 1.38. The Kier molecular flexibility index (Phi) is 10.3. The topological polar surface area (TPSA) is 89.3 Å². The Morgan fingerprint density at radius 3 is 2.51 bits per heavy atom. The number of hydrogen-bond acceptors (Lipinski definition) is 7. The van der Waals surface area contributed by atoms with Crippen molar-refractivity contribution in [1.82, 2.24) is 19.4 Å². The molecule has 2 heterocycles. The molecule has 1 aliphatic rings. The van der Waals surface area contributed by atoms with Crippen LogP contribution in [0, 0.1) is 11.6 Å². The van der Waals surface area contributed by atoms with E-state index < -0.39 is 17.2 Å². The van der Waals surface area contributed by atoms with E-state index in [1.807, 2.05) is 35.4 Å². The van der Waals surface area contributed by atoms with Gasteiger partial charge in [-0.2, -0.15) is 0 Å². The Bertz CT molecular complexity index is 1290. The van der Waals surface area contributed by atoms with Gasteiger partial charge in [-0.15, -0.1) is 0 Å². The van der Waals surface area contributed by atoms with Crippen molar-refractivity contribution in [3.8, 4) is 11.5 Å². The maximum absolute atomic E-state index is 13.7. The quantitative estimate of drug-likeness (QED) is 0.356. The van der Waals surface area contributed by atoms with Gasteiger partial charge in [0.05, 0.1) is 13.1 Å². The van der Waals surface area contributed by atoms with Crippen LogP contribution >= 0.6 is 0 Å². The van der Waals surface area contributed by atoms with Crippen LogP contribution in [0.25, 0.3) is 0 Å². The van der Waals surface area contributed by atoms with Crippen molar-refractivity contribution >= 4 is 5.91 Å². The van der Waals surface area contributed by atoms with E-state index in [1.54, 1.807) is 11.1 Å². The molecular weight excluding hydrogens is 534 g/mol. The number of imidazole rings is 1. The van der Waals surface area contributed by atoms with E-state index in [1.165, 1.54) is 13.2 Å². The summed E-state index contributed by atoms with van der Waals surface area (Å²) in [6.07, 6.45) is 3.76. The SMILES string of the molecule is COCC(=O)N1CCN(Cc2ccc(OCCn3ccnc3C(C)C)cc2)C[C@@](O)(COc2ccc(F)c(F)c2)C1. The molecule has 1 saturated heterocycles. The molecule has 3 aromatic rings. The summed E-state index contributed by atoms with van der Waals surface area (Å²) >= 11 is 0. The molecule has 0 saturated carbocycles. The van der Waals surface area contributed by atoms with Crippen LogP contribution in [0.5, 0.6) is 11.5 Å². The summed E-state index contributed by atoms with van der Waals surface area (Å²) in [5, 5.41) is 11.6. The molecule has 1 atom stereocenters. The number of amides is 1. The molecule has 1 fully saturated rings. The standard InChI is InChI=1S/C30H38F2N4O5/c1-22(2)29-33-10-11-35(29)14-15-40-24-6-4-23(5-7-24)17-34-12-13-36(28(37)18-39-3)20-30(38,19-34)21-41-25-8-9-26(31)27(32)16-25/h4-11,16,22,38H,12-15,17-21H2,1-3H3/t30-/m0/s1. The second-order valence-electron chi connectivity index (χ2n) is 10.7. The van der Waals surface area contributed by atoms with Crippen molar-refractivity contribution in [2.75, 3.05) is 53.1 Å². The highest BCUT2D eigenvalue weighted by atomic mass is 19.2.